The summed E-state index contributed by atoms with van der Waals surface area (Å²) in [6, 6.07) is 2.20. The van der Waals surface area contributed by atoms with Crippen molar-refractivity contribution in [1.29, 1.82) is 0 Å². The molecule has 136 valence electrons. The third-order valence-electron chi connectivity index (χ3n) is 2.91. The zero-order valence-electron chi connectivity index (χ0n) is 13.1. The topological polar surface area (TPSA) is 48.0 Å². The van der Waals surface area contributed by atoms with Crippen LogP contribution >= 0.6 is 0 Å². The van der Waals surface area contributed by atoms with Crippen molar-refractivity contribution in [2.45, 2.75) is 19.5 Å². The summed E-state index contributed by atoms with van der Waals surface area (Å²) in [7, 11) is -4.19. The third-order valence-corrected chi connectivity index (χ3v) is 5.72. The van der Waals surface area contributed by atoms with Crippen molar-refractivity contribution in [2.24, 2.45) is 0 Å². The molecule has 0 radical (unpaired) electrons. The number of hydrogen-bond donors (Lipinski definition) is 0. The molecule has 0 bridgehead atoms. The summed E-state index contributed by atoms with van der Waals surface area (Å²) < 4.78 is 83.9. The number of nitrogens with zero attached hydrogens (tertiary/aromatic N) is 1. The van der Waals surface area contributed by atoms with E-state index in [-0.39, 0.29) is 13.2 Å². The number of halogens is 5. The van der Waals surface area contributed by atoms with E-state index in [1.54, 1.807) is 0 Å². The number of amides is 1. The highest BCUT2D eigenvalue weighted by molar-refractivity contribution is 6.63. The molecule has 0 atom stereocenters. The molecule has 1 rings (SSSR count). The molecule has 0 saturated carbocycles. The minimum absolute atomic E-state index is 0.313. The Bertz CT molecular complexity index is 583. The molecule has 1 aromatic rings. The average molecular weight is 373 g/mol. The SMILES string of the molecule is CCO[Si](OC)(OCC)C(F)(F)N(F)C(=O)c1cccc(F)c1F. The van der Waals surface area contributed by atoms with Crippen LogP contribution in [0.1, 0.15) is 24.2 Å². The lowest BCUT2D eigenvalue weighted by atomic mass is 10.2. The van der Waals surface area contributed by atoms with Crippen LogP contribution in [0.4, 0.5) is 22.0 Å². The zero-order chi connectivity index (χ0) is 18.5. The first kappa shape index (κ1) is 20.5. The molecule has 5 nitrogen and oxygen atoms in total. The van der Waals surface area contributed by atoms with E-state index in [2.05, 4.69) is 4.43 Å². The van der Waals surface area contributed by atoms with Crippen LogP contribution in [-0.4, -0.2) is 45.8 Å². The molecule has 0 aliphatic carbocycles. The molecule has 0 aliphatic heterocycles. The number of alkyl halides is 2. The van der Waals surface area contributed by atoms with Crippen molar-refractivity contribution in [1.82, 2.24) is 5.12 Å². The molecule has 0 aromatic heterocycles. The second kappa shape index (κ2) is 8.01. The van der Waals surface area contributed by atoms with Gasteiger partial charge in [-0.05, 0) is 26.0 Å². The van der Waals surface area contributed by atoms with Gasteiger partial charge < -0.3 is 13.3 Å². The Hall–Kier alpha value is -1.56. The van der Waals surface area contributed by atoms with Crippen LogP contribution in [0.2, 0.25) is 0 Å². The first-order chi connectivity index (χ1) is 11.2. The highest BCUT2D eigenvalue weighted by atomic mass is 28.4. The maximum absolute atomic E-state index is 14.5. The second-order valence-electron chi connectivity index (χ2n) is 4.35. The minimum Gasteiger partial charge on any atom is -0.372 e. The molecule has 0 heterocycles. The largest absolute Gasteiger partial charge is 0.602 e. The van der Waals surface area contributed by atoms with Crippen molar-refractivity contribution < 1.29 is 40.1 Å². The second-order valence-corrected chi connectivity index (χ2v) is 7.05. The van der Waals surface area contributed by atoms with Gasteiger partial charge in [0.25, 0.3) is 5.91 Å². The van der Waals surface area contributed by atoms with Crippen LogP contribution in [0.3, 0.4) is 0 Å². The van der Waals surface area contributed by atoms with Gasteiger partial charge in [0.1, 0.15) is 0 Å². The van der Waals surface area contributed by atoms with Gasteiger partial charge >= 0.3 is 14.5 Å². The summed E-state index contributed by atoms with van der Waals surface area (Å²) in [4.78, 5) is 11.9. The fraction of sp³-hybridized carbons (Fsp3) is 0.462. The van der Waals surface area contributed by atoms with Crippen LogP contribution in [0.5, 0.6) is 0 Å². The van der Waals surface area contributed by atoms with Crippen LogP contribution in [0, 0.1) is 11.6 Å². The summed E-state index contributed by atoms with van der Waals surface area (Å²) >= 11 is 0. The highest BCUT2D eigenvalue weighted by Gasteiger charge is 2.70. The molecule has 0 aliphatic rings. The predicted octanol–water partition coefficient (Wildman–Crippen LogP) is 3.08. The van der Waals surface area contributed by atoms with Crippen molar-refractivity contribution in [2.75, 3.05) is 20.3 Å². The predicted molar refractivity (Wildman–Crippen MR) is 74.6 cm³/mol. The van der Waals surface area contributed by atoms with E-state index in [0.29, 0.717) is 12.1 Å². The summed E-state index contributed by atoms with van der Waals surface area (Å²) in [5, 5.41) is -1.55. The first-order valence-electron chi connectivity index (χ1n) is 6.83. The Labute approximate surface area is 136 Å². The Balaban J connectivity index is 3.28. The van der Waals surface area contributed by atoms with E-state index in [1.807, 2.05) is 0 Å². The molecule has 0 fully saturated rings. The van der Waals surface area contributed by atoms with Crippen molar-refractivity contribution >= 4 is 14.7 Å². The van der Waals surface area contributed by atoms with E-state index < -0.39 is 42.7 Å². The minimum atomic E-state index is -5.01. The van der Waals surface area contributed by atoms with Gasteiger partial charge in [-0.25, -0.2) is 8.78 Å². The quantitative estimate of drug-likeness (QED) is 0.304. The lowest BCUT2D eigenvalue weighted by molar-refractivity contribution is -0.192. The molecule has 1 amide bonds. The normalized spacial score (nSPS) is 12.3. The van der Waals surface area contributed by atoms with Gasteiger partial charge in [0.05, 0.1) is 5.56 Å². The Morgan fingerprint density at radius 1 is 1.21 bits per heavy atom. The van der Waals surface area contributed by atoms with E-state index in [4.69, 9.17) is 8.85 Å². The number of carbonyl (C=O) groups is 1. The third kappa shape index (κ3) is 3.58. The lowest BCUT2D eigenvalue weighted by Gasteiger charge is -2.35. The molecule has 0 saturated heterocycles. The number of carbonyl (C=O) groups excluding carboxylic acids is 1. The standard InChI is InChI=1S/C13H16F5NO4Si/c1-4-22-24(21-3,23-5-2)13(16,17)19(18)12(20)9-7-6-8-10(14)11(9)15/h6-8H,4-5H2,1-3H3. The average Bonchev–Trinajstić information content (AvgIpc) is 2.55. The lowest BCUT2D eigenvalue weighted by Crippen LogP contribution is -2.67. The van der Waals surface area contributed by atoms with E-state index >= 15 is 0 Å². The van der Waals surface area contributed by atoms with Gasteiger partial charge in [-0.2, -0.15) is 8.78 Å². The van der Waals surface area contributed by atoms with Crippen LogP contribution in [0.15, 0.2) is 18.2 Å². The number of rotatable bonds is 8. The molecular formula is C13H16F5NO4Si. The maximum atomic E-state index is 14.5. The highest BCUT2D eigenvalue weighted by Crippen LogP contribution is 2.35. The molecule has 1 aromatic carbocycles. The first-order valence-corrected chi connectivity index (χ1v) is 8.56. The fourth-order valence-corrected chi connectivity index (χ4v) is 3.87. The summed E-state index contributed by atoms with van der Waals surface area (Å²) in [6.45, 7) is 2.05. The molecule has 0 unspecified atom stereocenters. The monoisotopic (exact) mass is 373 g/mol. The summed E-state index contributed by atoms with van der Waals surface area (Å²) in [6.07, 6.45) is 0. The van der Waals surface area contributed by atoms with Crippen molar-refractivity contribution in [3.8, 4) is 0 Å². The number of hydrogen-bond acceptors (Lipinski definition) is 4. The Morgan fingerprint density at radius 2 is 1.75 bits per heavy atom. The van der Waals surface area contributed by atoms with Gasteiger partial charge in [-0.1, -0.05) is 10.5 Å². The van der Waals surface area contributed by atoms with Crippen molar-refractivity contribution in [3.05, 3.63) is 35.4 Å². The maximum Gasteiger partial charge on any atom is 0.602 e. The van der Waals surface area contributed by atoms with Gasteiger partial charge in [-0.15, -0.1) is 5.12 Å². The van der Waals surface area contributed by atoms with Crippen LogP contribution in [-0.2, 0) is 13.3 Å². The number of benzene rings is 1. The molecular weight excluding hydrogens is 357 g/mol. The van der Waals surface area contributed by atoms with Gasteiger partial charge in [0.2, 0.25) is 0 Å². The summed E-state index contributed by atoms with van der Waals surface area (Å²) in [5.74, 6) is -5.33. The Kier molecular flexibility index (Phi) is 6.83. The summed E-state index contributed by atoms with van der Waals surface area (Å²) in [5.41, 5.74) is -5.87. The fourth-order valence-electron chi connectivity index (χ4n) is 1.86. The van der Waals surface area contributed by atoms with E-state index in [1.165, 1.54) is 13.8 Å². The van der Waals surface area contributed by atoms with E-state index in [0.717, 1.165) is 13.2 Å². The van der Waals surface area contributed by atoms with Gasteiger partial charge in [0.15, 0.2) is 11.6 Å². The molecule has 0 spiro atoms. The van der Waals surface area contributed by atoms with Gasteiger partial charge in [-0.3, -0.25) is 4.79 Å². The molecule has 11 heteroatoms. The van der Waals surface area contributed by atoms with E-state index in [9.17, 15) is 26.8 Å². The molecule has 0 N–H and O–H groups in total. The smallest absolute Gasteiger partial charge is 0.372 e. The van der Waals surface area contributed by atoms with Gasteiger partial charge in [0, 0.05) is 20.3 Å². The van der Waals surface area contributed by atoms with Crippen molar-refractivity contribution in [3.63, 3.8) is 0 Å². The molecule has 24 heavy (non-hydrogen) atoms. The zero-order valence-corrected chi connectivity index (χ0v) is 14.1. The Morgan fingerprint density at radius 3 is 2.21 bits per heavy atom. The van der Waals surface area contributed by atoms with Crippen LogP contribution in [0.25, 0.3) is 0 Å². The van der Waals surface area contributed by atoms with Crippen LogP contribution < -0.4 is 0 Å².